The molecule has 0 amide bonds. The number of phenols is 1. The zero-order chi connectivity index (χ0) is 26.6. The first-order chi connectivity index (χ1) is 17.3. The number of hydrogen-bond acceptors (Lipinski definition) is 8. The van der Waals surface area contributed by atoms with Gasteiger partial charge in [0.2, 0.25) is 0 Å². The fraction of sp³-hybridized carbons (Fsp3) is 0.429. The Balaban J connectivity index is 2.53. The lowest BCUT2D eigenvalue weighted by molar-refractivity contribution is 0.0597. The predicted molar refractivity (Wildman–Crippen MR) is 142 cm³/mol. The molecule has 0 atom stereocenters. The molecule has 1 heterocycles. The van der Waals surface area contributed by atoms with Crippen molar-refractivity contribution in [1.82, 2.24) is 0 Å². The van der Waals surface area contributed by atoms with E-state index in [9.17, 15) is 14.7 Å². The van der Waals surface area contributed by atoms with Gasteiger partial charge in [0.05, 0.1) is 49.7 Å². The second-order valence-corrected chi connectivity index (χ2v) is 9.57. The minimum absolute atomic E-state index is 0.0372. The molecule has 0 fully saturated rings. The Morgan fingerprint density at radius 1 is 0.944 bits per heavy atom. The van der Waals surface area contributed by atoms with Crippen molar-refractivity contribution in [1.29, 1.82) is 0 Å². The zero-order valence-corrected chi connectivity index (χ0v) is 22.8. The van der Waals surface area contributed by atoms with Gasteiger partial charge in [-0.3, -0.25) is 4.79 Å². The predicted octanol–water partition coefficient (Wildman–Crippen LogP) is 6.66. The number of ether oxygens (including phenoxy) is 4. The van der Waals surface area contributed by atoms with Crippen LogP contribution in [0.15, 0.2) is 18.2 Å². The summed E-state index contributed by atoms with van der Waals surface area (Å²) in [7, 11) is 5.88. The first-order valence-corrected chi connectivity index (χ1v) is 12.8. The highest BCUT2D eigenvalue weighted by molar-refractivity contribution is 7.20. The number of rotatable bonds is 11. The number of methoxy groups -OCH3 is 4. The summed E-state index contributed by atoms with van der Waals surface area (Å²) >= 11 is 1.42. The number of carbonyl (C=O) groups excluding carboxylic acids is 2. The summed E-state index contributed by atoms with van der Waals surface area (Å²) in [6, 6.07) is 5.29. The molecule has 1 aromatic heterocycles. The fourth-order valence-electron chi connectivity index (χ4n) is 4.57. The van der Waals surface area contributed by atoms with E-state index in [1.165, 1.54) is 32.7 Å². The normalized spacial score (nSPS) is 11.1. The quantitative estimate of drug-likeness (QED) is 0.226. The summed E-state index contributed by atoms with van der Waals surface area (Å²) in [5.74, 6) is 0.364. The first-order valence-electron chi connectivity index (χ1n) is 12.0. The van der Waals surface area contributed by atoms with Crippen molar-refractivity contribution in [3.8, 4) is 34.1 Å². The number of fused-ring (bicyclic) bond motifs is 1. The summed E-state index contributed by atoms with van der Waals surface area (Å²) in [5.41, 5.74) is 1.12. The number of phenolic OH excluding ortho intramolecular Hbond substituents is 1. The van der Waals surface area contributed by atoms with Gasteiger partial charge in [0.25, 0.3) is 0 Å². The van der Waals surface area contributed by atoms with Gasteiger partial charge in [-0.1, -0.05) is 39.7 Å². The van der Waals surface area contributed by atoms with E-state index in [1.807, 2.05) is 20.8 Å². The van der Waals surface area contributed by atoms with E-state index in [4.69, 9.17) is 18.9 Å². The molecule has 36 heavy (non-hydrogen) atoms. The number of benzene rings is 2. The van der Waals surface area contributed by atoms with E-state index < -0.39 is 5.97 Å². The molecule has 0 spiro atoms. The summed E-state index contributed by atoms with van der Waals surface area (Å²) in [5, 5.41) is 12.0. The van der Waals surface area contributed by atoms with Gasteiger partial charge in [-0.2, -0.15) is 0 Å². The molecule has 0 bridgehead atoms. The van der Waals surface area contributed by atoms with E-state index in [0.717, 1.165) is 17.7 Å². The van der Waals surface area contributed by atoms with E-state index in [1.54, 1.807) is 25.3 Å². The summed E-state index contributed by atoms with van der Waals surface area (Å²) in [6.45, 7) is 6.03. The van der Waals surface area contributed by atoms with Crippen LogP contribution < -0.4 is 14.2 Å². The highest BCUT2D eigenvalue weighted by atomic mass is 32.1. The van der Waals surface area contributed by atoms with Gasteiger partial charge in [-0.05, 0) is 30.0 Å². The van der Waals surface area contributed by atoms with Crippen molar-refractivity contribution in [3.63, 3.8) is 0 Å². The SMILES string of the molecule is CCc1sc2c(-c3ccc(OC)c(OC)c3)c(C(=O)OC)c(C(=O)CC(CC)CC)c(O)c2c1OC. The number of ketones is 1. The molecule has 0 aliphatic carbocycles. The van der Waals surface area contributed by atoms with Crippen LogP contribution in [-0.2, 0) is 11.2 Å². The van der Waals surface area contributed by atoms with Crippen LogP contribution >= 0.6 is 11.3 Å². The average Bonchev–Trinajstić information content (AvgIpc) is 3.29. The fourth-order valence-corrected chi connectivity index (χ4v) is 5.85. The molecule has 194 valence electrons. The number of thiophene rings is 1. The molecule has 2 aromatic carbocycles. The van der Waals surface area contributed by atoms with Gasteiger partial charge in [-0.15, -0.1) is 11.3 Å². The molecule has 0 aliphatic rings. The Hall–Kier alpha value is -3.26. The van der Waals surface area contributed by atoms with Gasteiger partial charge in [0.15, 0.2) is 17.3 Å². The Morgan fingerprint density at radius 2 is 1.61 bits per heavy atom. The number of aromatic hydroxyl groups is 1. The monoisotopic (exact) mass is 514 g/mol. The van der Waals surface area contributed by atoms with Crippen LogP contribution in [0.25, 0.3) is 21.2 Å². The van der Waals surface area contributed by atoms with Gasteiger partial charge >= 0.3 is 5.97 Å². The first kappa shape index (κ1) is 27.3. The number of Topliss-reactive ketones (excluding diaryl/α,β-unsaturated/α-hetero) is 1. The van der Waals surface area contributed by atoms with Crippen LogP contribution in [0.3, 0.4) is 0 Å². The van der Waals surface area contributed by atoms with Crippen LogP contribution in [0, 0.1) is 5.92 Å². The maximum atomic E-state index is 13.7. The summed E-state index contributed by atoms with van der Waals surface area (Å²) in [6.07, 6.45) is 2.47. The lowest BCUT2D eigenvalue weighted by Gasteiger charge is -2.19. The molecule has 0 radical (unpaired) electrons. The van der Waals surface area contributed by atoms with E-state index in [-0.39, 0.29) is 35.0 Å². The van der Waals surface area contributed by atoms with Gasteiger partial charge in [0, 0.05) is 16.9 Å². The molecular weight excluding hydrogens is 480 g/mol. The molecule has 0 unspecified atom stereocenters. The molecule has 0 saturated carbocycles. The minimum atomic E-state index is -0.699. The minimum Gasteiger partial charge on any atom is -0.506 e. The molecule has 0 saturated heterocycles. The third-order valence-electron chi connectivity index (χ3n) is 6.63. The maximum absolute atomic E-state index is 13.7. The average molecular weight is 515 g/mol. The second kappa shape index (κ2) is 11.6. The van der Waals surface area contributed by atoms with Gasteiger partial charge in [0.1, 0.15) is 11.5 Å². The van der Waals surface area contributed by atoms with Crippen molar-refractivity contribution >= 4 is 33.2 Å². The number of esters is 1. The van der Waals surface area contributed by atoms with Crippen molar-refractivity contribution < 1.29 is 33.6 Å². The van der Waals surface area contributed by atoms with Crippen molar-refractivity contribution in [2.45, 2.75) is 46.5 Å². The standard InChI is InChI=1S/C28H34O7S/c1-8-15(9-2)13-17(29)22-23(28(31)35-7)21(16-11-12-18(32-4)19(14-16)33-5)27-24(25(22)30)26(34-6)20(10-3)36-27/h11-12,14-15,30H,8-10,13H2,1-7H3. The Labute approximate surface area is 215 Å². The molecule has 7 nitrogen and oxygen atoms in total. The van der Waals surface area contributed by atoms with Crippen LogP contribution in [0.5, 0.6) is 23.0 Å². The van der Waals surface area contributed by atoms with Crippen molar-refractivity contribution in [2.24, 2.45) is 5.92 Å². The Bertz CT molecular complexity index is 1270. The van der Waals surface area contributed by atoms with Crippen LogP contribution in [0.4, 0.5) is 0 Å². The van der Waals surface area contributed by atoms with Crippen LogP contribution in [0.2, 0.25) is 0 Å². The van der Waals surface area contributed by atoms with E-state index in [2.05, 4.69) is 0 Å². The van der Waals surface area contributed by atoms with Gasteiger partial charge < -0.3 is 24.1 Å². The topological polar surface area (TPSA) is 91.3 Å². The van der Waals surface area contributed by atoms with Crippen LogP contribution in [0.1, 0.15) is 65.6 Å². The smallest absolute Gasteiger partial charge is 0.339 e. The highest BCUT2D eigenvalue weighted by Crippen LogP contribution is 2.52. The summed E-state index contributed by atoms with van der Waals surface area (Å²) in [4.78, 5) is 27.9. The molecule has 1 N–H and O–H groups in total. The maximum Gasteiger partial charge on any atom is 0.339 e. The molecule has 3 rings (SSSR count). The largest absolute Gasteiger partial charge is 0.506 e. The third-order valence-corrected chi connectivity index (χ3v) is 7.96. The highest BCUT2D eigenvalue weighted by Gasteiger charge is 2.33. The number of carbonyl (C=O) groups is 2. The molecular formula is C28H34O7S. The molecule has 8 heteroatoms. The summed E-state index contributed by atoms with van der Waals surface area (Å²) < 4.78 is 22.4. The van der Waals surface area contributed by atoms with Gasteiger partial charge in [-0.25, -0.2) is 4.79 Å². The van der Waals surface area contributed by atoms with Crippen LogP contribution in [-0.4, -0.2) is 45.3 Å². The number of hydrogen-bond donors (Lipinski definition) is 1. The lowest BCUT2D eigenvalue weighted by atomic mass is 9.86. The Morgan fingerprint density at radius 3 is 2.14 bits per heavy atom. The Kier molecular flexibility index (Phi) is 8.84. The van der Waals surface area contributed by atoms with Crippen molar-refractivity contribution in [2.75, 3.05) is 28.4 Å². The van der Waals surface area contributed by atoms with Crippen molar-refractivity contribution in [3.05, 3.63) is 34.2 Å². The number of aryl methyl sites for hydroxylation is 1. The third kappa shape index (κ3) is 4.74. The van der Waals surface area contributed by atoms with E-state index >= 15 is 0 Å². The zero-order valence-electron chi connectivity index (χ0n) is 21.9. The second-order valence-electron chi connectivity index (χ2n) is 8.46. The molecule has 3 aromatic rings. The molecule has 0 aliphatic heterocycles. The van der Waals surface area contributed by atoms with E-state index in [0.29, 0.717) is 44.9 Å². The lowest BCUT2D eigenvalue weighted by Crippen LogP contribution is -2.15.